The number of carbonyl (C=O) groups excluding carboxylic acids is 1. The molecule has 0 aliphatic carbocycles. The maximum atomic E-state index is 14.4. The number of amides is 1. The van der Waals surface area contributed by atoms with Crippen molar-refractivity contribution in [2.75, 3.05) is 11.1 Å². The zero-order chi connectivity index (χ0) is 19.4. The van der Waals surface area contributed by atoms with Gasteiger partial charge in [0.15, 0.2) is 5.17 Å². The Bertz CT molecular complexity index is 957. The number of benzene rings is 1. The third-order valence-electron chi connectivity index (χ3n) is 4.02. The second-order valence-corrected chi connectivity index (χ2v) is 7.04. The molecule has 9 nitrogen and oxygen atoms in total. The Morgan fingerprint density at radius 2 is 2.26 bits per heavy atom. The SMILES string of the molecule is C[C@@]1(c2cc(NC(=O)c3cnc(N=[N+]=[N-])cn3)ccc2F)CCSC(N)=N1. The van der Waals surface area contributed by atoms with Crippen LogP contribution in [-0.2, 0) is 5.54 Å². The third kappa shape index (κ3) is 4.15. The minimum absolute atomic E-state index is 0.0281. The van der Waals surface area contributed by atoms with E-state index in [1.165, 1.54) is 36.3 Å². The summed E-state index contributed by atoms with van der Waals surface area (Å²) in [4.78, 5) is 27.0. The highest BCUT2D eigenvalue weighted by Crippen LogP contribution is 2.37. The van der Waals surface area contributed by atoms with Gasteiger partial charge in [0.25, 0.3) is 5.91 Å². The first kappa shape index (κ1) is 18.6. The van der Waals surface area contributed by atoms with E-state index in [2.05, 4.69) is 30.3 Å². The van der Waals surface area contributed by atoms with Gasteiger partial charge in [-0.1, -0.05) is 11.8 Å². The standard InChI is InChI=1S/C16H15FN8OS/c1-16(4-5-27-15(18)23-16)10-6-9(2-3-11(10)17)22-14(26)12-7-21-13(8-20-12)24-25-19/h2-3,6-8H,4-5H2,1H3,(H2,18,23)(H,22,26)/t16-/m0/s1. The Hall–Kier alpha value is -3.17. The molecular formula is C16H15FN8OS. The fourth-order valence-electron chi connectivity index (χ4n) is 2.63. The number of amidine groups is 1. The van der Waals surface area contributed by atoms with Gasteiger partial charge in [-0.25, -0.2) is 9.37 Å². The van der Waals surface area contributed by atoms with Crippen LogP contribution in [0.25, 0.3) is 10.4 Å². The lowest BCUT2D eigenvalue weighted by Gasteiger charge is -2.30. The van der Waals surface area contributed by atoms with Gasteiger partial charge >= 0.3 is 0 Å². The number of nitrogens with one attached hydrogen (secondary N) is 1. The molecule has 1 aromatic carbocycles. The van der Waals surface area contributed by atoms with E-state index in [-0.39, 0.29) is 11.5 Å². The lowest BCUT2D eigenvalue weighted by atomic mass is 9.89. The van der Waals surface area contributed by atoms with Crippen LogP contribution in [0.1, 0.15) is 29.4 Å². The maximum absolute atomic E-state index is 14.4. The number of thioether (sulfide) groups is 1. The van der Waals surface area contributed by atoms with Crippen molar-refractivity contribution < 1.29 is 9.18 Å². The topological polar surface area (TPSA) is 142 Å². The molecule has 1 atom stereocenters. The molecule has 2 heterocycles. The van der Waals surface area contributed by atoms with Crippen molar-refractivity contribution in [3.63, 3.8) is 0 Å². The number of aliphatic imine (C=N–C) groups is 1. The normalized spacial score (nSPS) is 19.0. The summed E-state index contributed by atoms with van der Waals surface area (Å²) >= 11 is 1.43. The number of nitrogens with zero attached hydrogens (tertiary/aromatic N) is 6. The predicted octanol–water partition coefficient (Wildman–Crippen LogP) is 3.48. The summed E-state index contributed by atoms with van der Waals surface area (Å²) in [5.74, 6) is -0.163. The van der Waals surface area contributed by atoms with Crippen molar-refractivity contribution in [3.05, 3.63) is 58.1 Å². The van der Waals surface area contributed by atoms with Crippen LogP contribution in [0.2, 0.25) is 0 Å². The third-order valence-corrected chi connectivity index (χ3v) is 4.81. The smallest absolute Gasteiger partial charge is 0.275 e. The Balaban J connectivity index is 1.84. The summed E-state index contributed by atoms with van der Waals surface area (Å²) in [7, 11) is 0. The highest BCUT2D eigenvalue weighted by Gasteiger charge is 2.32. The minimum Gasteiger partial charge on any atom is -0.379 e. The van der Waals surface area contributed by atoms with E-state index >= 15 is 0 Å². The van der Waals surface area contributed by atoms with Gasteiger partial charge in [-0.2, -0.15) is 0 Å². The number of nitrogens with two attached hydrogens (primary N) is 1. The van der Waals surface area contributed by atoms with E-state index < -0.39 is 17.3 Å². The van der Waals surface area contributed by atoms with Crippen molar-refractivity contribution in [2.45, 2.75) is 18.9 Å². The molecule has 27 heavy (non-hydrogen) atoms. The van der Waals surface area contributed by atoms with Crippen LogP contribution in [0.15, 0.2) is 40.7 Å². The van der Waals surface area contributed by atoms with Crippen LogP contribution in [0.5, 0.6) is 0 Å². The molecule has 0 saturated carbocycles. The average Bonchev–Trinajstić information content (AvgIpc) is 2.64. The number of halogens is 1. The Labute approximate surface area is 157 Å². The predicted molar refractivity (Wildman–Crippen MR) is 101 cm³/mol. The zero-order valence-corrected chi connectivity index (χ0v) is 15.1. The summed E-state index contributed by atoms with van der Waals surface area (Å²) in [5, 5.41) is 6.35. The van der Waals surface area contributed by atoms with Crippen molar-refractivity contribution >= 4 is 34.3 Å². The van der Waals surface area contributed by atoms with Gasteiger partial charge in [-0.3, -0.25) is 14.8 Å². The fourth-order valence-corrected chi connectivity index (χ4v) is 3.60. The van der Waals surface area contributed by atoms with Crippen LogP contribution < -0.4 is 11.1 Å². The molecular weight excluding hydrogens is 371 g/mol. The number of azide groups is 1. The number of hydrogen-bond acceptors (Lipinski definition) is 7. The number of aromatic nitrogens is 2. The van der Waals surface area contributed by atoms with Crippen LogP contribution in [0.4, 0.5) is 15.9 Å². The van der Waals surface area contributed by atoms with Gasteiger partial charge < -0.3 is 11.1 Å². The molecule has 1 amide bonds. The Morgan fingerprint density at radius 1 is 1.44 bits per heavy atom. The summed E-state index contributed by atoms with van der Waals surface area (Å²) in [6, 6.07) is 4.27. The Kier molecular flexibility index (Phi) is 5.24. The summed E-state index contributed by atoms with van der Waals surface area (Å²) in [5.41, 5.74) is 14.1. The van der Waals surface area contributed by atoms with E-state index in [1.807, 2.05) is 6.92 Å². The number of carbonyl (C=O) groups is 1. The largest absolute Gasteiger partial charge is 0.379 e. The molecule has 0 unspecified atom stereocenters. The van der Waals surface area contributed by atoms with Gasteiger partial charge in [-0.05, 0) is 42.2 Å². The molecule has 11 heteroatoms. The van der Waals surface area contributed by atoms with E-state index in [0.717, 1.165) is 5.75 Å². The summed E-state index contributed by atoms with van der Waals surface area (Å²) in [6.07, 6.45) is 3.00. The molecule has 0 bridgehead atoms. The quantitative estimate of drug-likeness (QED) is 0.470. The van der Waals surface area contributed by atoms with E-state index in [1.54, 1.807) is 6.07 Å². The van der Waals surface area contributed by atoms with Crippen molar-refractivity contribution in [1.82, 2.24) is 9.97 Å². The van der Waals surface area contributed by atoms with Crippen molar-refractivity contribution in [2.24, 2.45) is 15.8 Å². The first-order valence-electron chi connectivity index (χ1n) is 7.88. The molecule has 138 valence electrons. The van der Waals surface area contributed by atoms with Crippen LogP contribution in [0.3, 0.4) is 0 Å². The number of hydrogen-bond donors (Lipinski definition) is 2. The van der Waals surface area contributed by atoms with Crippen LogP contribution in [0, 0.1) is 5.82 Å². The second kappa shape index (κ2) is 7.60. The summed E-state index contributed by atoms with van der Waals surface area (Å²) < 4.78 is 14.4. The fraction of sp³-hybridized carbons (Fsp3) is 0.250. The second-order valence-electron chi connectivity index (χ2n) is 5.92. The molecule has 1 aromatic heterocycles. The highest BCUT2D eigenvalue weighted by molar-refractivity contribution is 8.13. The first-order chi connectivity index (χ1) is 12.9. The molecule has 0 radical (unpaired) electrons. The van der Waals surface area contributed by atoms with Gasteiger partial charge in [0.2, 0.25) is 0 Å². The zero-order valence-electron chi connectivity index (χ0n) is 14.3. The molecule has 2 aromatic rings. The first-order valence-corrected chi connectivity index (χ1v) is 8.86. The van der Waals surface area contributed by atoms with Crippen molar-refractivity contribution in [1.29, 1.82) is 0 Å². The van der Waals surface area contributed by atoms with Gasteiger partial charge in [-0.15, -0.1) is 0 Å². The monoisotopic (exact) mass is 386 g/mol. The van der Waals surface area contributed by atoms with Gasteiger partial charge in [0.05, 0.1) is 17.9 Å². The van der Waals surface area contributed by atoms with Crippen LogP contribution in [-0.4, -0.2) is 26.8 Å². The summed E-state index contributed by atoms with van der Waals surface area (Å²) in [6.45, 7) is 1.81. The lowest BCUT2D eigenvalue weighted by Crippen LogP contribution is -2.29. The molecule has 1 aliphatic rings. The number of anilines is 1. The lowest BCUT2D eigenvalue weighted by molar-refractivity contribution is 0.102. The van der Waals surface area contributed by atoms with E-state index in [0.29, 0.717) is 22.8 Å². The molecule has 1 aliphatic heterocycles. The van der Waals surface area contributed by atoms with E-state index in [9.17, 15) is 9.18 Å². The number of rotatable bonds is 4. The Morgan fingerprint density at radius 3 is 2.93 bits per heavy atom. The minimum atomic E-state index is -0.795. The van der Waals surface area contributed by atoms with E-state index in [4.69, 9.17) is 11.3 Å². The molecule has 0 saturated heterocycles. The molecule has 0 fully saturated rings. The molecule has 3 rings (SSSR count). The average molecular weight is 386 g/mol. The highest BCUT2D eigenvalue weighted by atomic mass is 32.2. The van der Waals surface area contributed by atoms with Crippen molar-refractivity contribution in [3.8, 4) is 0 Å². The maximum Gasteiger partial charge on any atom is 0.275 e. The van der Waals surface area contributed by atoms with Crippen LogP contribution >= 0.6 is 11.8 Å². The van der Waals surface area contributed by atoms with Gasteiger partial charge in [0.1, 0.15) is 17.3 Å². The molecule has 3 N–H and O–H groups in total. The van der Waals surface area contributed by atoms with Gasteiger partial charge in [0, 0.05) is 21.9 Å². The molecule has 0 spiro atoms.